The first-order valence-corrected chi connectivity index (χ1v) is 6.79. The number of carbonyl (C=O) groups is 2. The summed E-state index contributed by atoms with van der Waals surface area (Å²) in [5.41, 5.74) is 1.62. The van der Waals surface area contributed by atoms with Gasteiger partial charge < -0.3 is 14.8 Å². The fourth-order valence-corrected chi connectivity index (χ4v) is 3.32. The van der Waals surface area contributed by atoms with Crippen molar-refractivity contribution in [1.29, 1.82) is 0 Å². The third kappa shape index (κ3) is 1.84. The van der Waals surface area contributed by atoms with Crippen molar-refractivity contribution in [3.63, 3.8) is 0 Å². The van der Waals surface area contributed by atoms with Gasteiger partial charge in [0.2, 0.25) is 5.91 Å². The second-order valence-corrected chi connectivity index (χ2v) is 5.55. The third-order valence-electron chi connectivity index (χ3n) is 4.38. The van der Waals surface area contributed by atoms with Crippen LogP contribution in [-0.2, 0) is 4.79 Å². The topological polar surface area (TPSA) is 56.4 Å². The minimum absolute atomic E-state index is 0.00180. The van der Waals surface area contributed by atoms with E-state index in [2.05, 4.69) is 4.98 Å². The van der Waals surface area contributed by atoms with E-state index in [0.717, 1.165) is 30.6 Å². The van der Waals surface area contributed by atoms with Crippen LogP contribution in [0.1, 0.15) is 28.9 Å². The van der Waals surface area contributed by atoms with E-state index in [0.29, 0.717) is 6.54 Å². The molecule has 1 N–H and O–H groups in total. The monoisotopic (exact) mass is 261 g/mol. The first-order chi connectivity index (χ1) is 9.09. The summed E-state index contributed by atoms with van der Waals surface area (Å²) in [7, 11) is 1.82. The molecule has 1 aromatic rings. The van der Waals surface area contributed by atoms with Crippen LogP contribution in [0.3, 0.4) is 0 Å². The first-order valence-electron chi connectivity index (χ1n) is 6.79. The van der Waals surface area contributed by atoms with Crippen LogP contribution in [-0.4, -0.2) is 52.8 Å². The summed E-state index contributed by atoms with van der Waals surface area (Å²) in [6, 6.07) is 1.87. The number of rotatable bonds is 1. The van der Waals surface area contributed by atoms with E-state index in [4.69, 9.17) is 0 Å². The number of likely N-dealkylation sites (tertiary alicyclic amines) is 2. The Morgan fingerprint density at radius 3 is 2.95 bits per heavy atom. The molecule has 3 rings (SSSR count). The molecule has 1 aromatic heterocycles. The van der Waals surface area contributed by atoms with Crippen molar-refractivity contribution in [2.24, 2.45) is 5.92 Å². The number of hydrogen-bond acceptors (Lipinski definition) is 2. The SMILES string of the molecule is Cc1[nH]ccc1C(=O)N1CCC[C@H]2C(=O)N(C)C[C@H]21. The highest BCUT2D eigenvalue weighted by Crippen LogP contribution is 2.32. The minimum atomic E-state index is 0.00180. The number of aromatic amines is 1. The van der Waals surface area contributed by atoms with Crippen LogP contribution in [0, 0.1) is 12.8 Å². The number of carbonyl (C=O) groups excluding carboxylic acids is 2. The zero-order valence-corrected chi connectivity index (χ0v) is 11.3. The van der Waals surface area contributed by atoms with Gasteiger partial charge in [-0.3, -0.25) is 9.59 Å². The van der Waals surface area contributed by atoms with Crippen molar-refractivity contribution in [2.45, 2.75) is 25.8 Å². The molecule has 0 unspecified atom stereocenters. The van der Waals surface area contributed by atoms with Crippen molar-refractivity contribution in [3.8, 4) is 0 Å². The molecule has 0 bridgehead atoms. The van der Waals surface area contributed by atoms with Crippen LogP contribution in [0.4, 0.5) is 0 Å². The Labute approximate surface area is 112 Å². The van der Waals surface area contributed by atoms with E-state index in [-0.39, 0.29) is 23.8 Å². The normalized spacial score (nSPS) is 26.7. The molecule has 2 amide bonds. The average Bonchev–Trinajstić information content (AvgIpc) is 2.94. The van der Waals surface area contributed by atoms with Gasteiger partial charge in [0.15, 0.2) is 0 Å². The summed E-state index contributed by atoms with van der Waals surface area (Å²) in [5, 5.41) is 0. The predicted octanol–water partition coefficient (Wildman–Crippen LogP) is 1.02. The molecule has 19 heavy (non-hydrogen) atoms. The van der Waals surface area contributed by atoms with E-state index in [1.54, 1.807) is 11.1 Å². The van der Waals surface area contributed by atoms with Gasteiger partial charge in [-0.2, -0.15) is 0 Å². The lowest BCUT2D eigenvalue weighted by Crippen LogP contribution is -2.48. The Hall–Kier alpha value is -1.78. The lowest BCUT2D eigenvalue weighted by atomic mass is 9.91. The van der Waals surface area contributed by atoms with Gasteiger partial charge in [-0.25, -0.2) is 0 Å². The van der Waals surface area contributed by atoms with E-state index in [1.807, 2.05) is 24.9 Å². The minimum Gasteiger partial charge on any atom is -0.365 e. The molecule has 0 saturated carbocycles. The molecule has 0 aromatic carbocycles. The standard InChI is InChI=1S/C14H19N3O2/c1-9-10(5-6-15-9)14(19)17-7-3-4-11-12(17)8-16(2)13(11)18/h5-6,11-12,15H,3-4,7-8H2,1-2H3/t11-,12-/m1/s1. The Balaban J connectivity index is 1.87. The van der Waals surface area contributed by atoms with Crippen molar-refractivity contribution >= 4 is 11.8 Å². The number of aromatic nitrogens is 1. The maximum absolute atomic E-state index is 12.6. The highest BCUT2D eigenvalue weighted by molar-refractivity contribution is 5.96. The smallest absolute Gasteiger partial charge is 0.255 e. The molecule has 0 spiro atoms. The molecule has 2 fully saturated rings. The summed E-state index contributed by atoms with van der Waals surface area (Å²) in [4.78, 5) is 31.3. The summed E-state index contributed by atoms with van der Waals surface area (Å²) in [6.45, 7) is 3.32. The van der Waals surface area contributed by atoms with Gasteiger partial charge in [0.1, 0.15) is 0 Å². The van der Waals surface area contributed by atoms with Gasteiger partial charge in [-0.1, -0.05) is 0 Å². The fourth-order valence-electron chi connectivity index (χ4n) is 3.32. The molecule has 2 aliphatic heterocycles. The quantitative estimate of drug-likeness (QED) is 0.820. The highest BCUT2D eigenvalue weighted by Gasteiger charge is 2.45. The molecule has 3 heterocycles. The van der Waals surface area contributed by atoms with Crippen molar-refractivity contribution in [2.75, 3.05) is 20.1 Å². The van der Waals surface area contributed by atoms with Crippen LogP contribution in [0.5, 0.6) is 0 Å². The van der Waals surface area contributed by atoms with Crippen molar-refractivity contribution in [1.82, 2.24) is 14.8 Å². The fraction of sp³-hybridized carbons (Fsp3) is 0.571. The van der Waals surface area contributed by atoms with E-state index in [9.17, 15) is 9.59 Å². The second-order valence-electron chi connectivity index (χ2n) is 5.55. The van der Waals surface area contributed by atoms with Crippen molar-refractivity contribution in [3.05, 3.63) is 23.5 Å². The van der Waals surface area contributed by atoms with E-state index < -0.39 is 0 Å². The van der Waals surface area contributed by atoms with E-state index >= 15 is 0 Å². The molecule has 102 valence electrons. The first kappa shape index (κ1) is 12.3. The highest BCUT2D eigenvalue weighted by atomic mass is 16.2. The Kier molecular flexibility index (Phi) is 2.84. The number of fused-ring (bicyclic) bond motifs is 1. The molecule has 5 heteroatoms. The van der Waals surface area contributed by atoms with Gasteiger partial charge in [0.05, 0.1) is 17.5 Å². The number of aryl methyl sites for hydroxylation is 1. The Morgan fingerprint density at radius 1 is 1.47 bits per heavy atom. The number of H-pyrrole nitrogens is 1. The summed E-state index contributed by atoms with van der Waals surface area (Å²) >= 11 is 0. The number of hydrogen-bond donors (Lipinski definition) is 1. The third-order valence-corrected chi connectivity index (χ3v) is 4.38. The predicted molar refractivity (Wildman–Crippen MR) is 70.7 cm³/mol. The number of nitrogens with zero attached hydrogens (tertiary/aromatic N) is 2. The van der Waals surface area contributed by atoms with Gasteiger partial charge in [0, 0.05) is 32.0 Å². The average molecular weight is 261 g/mol. The molecule has 5 nitrogen and oxygen atoms in total. The molecule has 2 aliphatic rings. The van der Waals surface area contributed by atoms with Gasteiger partial charge in [-0.15, -0.1) is 0 Å². The lowest BCUT2D eigenvalue weighted by Gasteiger charge is -2.36. The zero-order chi connectivity index (χ0) is 13.6. The number of nitrogens with one attached hydrogen (secondary N) is 1. The number of amides is 2. The summed E-state index contributed by atoms with van der Waals surface area (Å²) < 4.78 is 0. The van der Waals surface area contributed by atoms with Gasteiger partial charge in [-0.05, 0) is 25.8 Å². The van der Waals surface area contributed by atoms with Gasteiger partial charge in [0.25, 0.3) is 5.91 Å². The number of piperidine rings is 1. The molecule has 2 saturated heterocycles. The maximum Gasteiger partial charge on any atom is 0.255 e. The van der Waals surface area contributed by atoms with Crippen LogP contribution in [0.2, 0.25) is 0 Å². The largest absolute Gasteiger partial charge is 0.365 e. The van der Waals surface area contributed by atoms with Crippen LogP contribution in [0.15, 0.2) is 12.3 Å². The second kappa shape index (κ2) is 4.40. The summed E-state index contributed by atoms with van der Waals surface area (Å²) in [5.74, 6) is 0.242. The summed E-state index contributed by atoms with van der Waals surface area (Å²) in [6.07, 6.45) is 3.61. The molecule has 0 radical (unpaired) electrons. The number of likely N-dealkylation sites (N-methyl/N-ethyl adjacent to an activating group) is 1. The van der Waals surface area contributed by atoms with Crippen molar-refractivity contribution < 1.29 is 9.59 Å². The van der Waals surface area contributed by atoms with Crippen LogP contribution < -0.4 is 0 Å². The van der Waals surface area contributed by atoms with Crippen LogP contribution >= 0.6 is 0 Å². The molecule has 0 aliphatic carbocycles. The zero-order valence-electron chi connectivity index (χ0n) is 11.3. The Bertz CT molecular complexity index is 523. The lowest BCUT2D eigenvalue weighted by molar-refractivity contribution is -0.130. The maximum atomic E-state index is 12.6. The Morgan fingerprint density at radius 2 is 2.26 bits per heavy atom. The molecular weight excluding hydrogens is 242 g/mol. The van der Waals surface area contributed by atoms with E-state index in [1.165, 1.54) is 0 Å². The van der Waals surface area contributed by atoms with Crippen LogP contribution in [0.25, 0.3) is 0 Å². The van der Waals surface area contributed by atoms with Gasteiger partial charge >= 0.3 is 0 Å². The molecular formula is C14H19N3O2. The molecule has 2 atom stereocenters.